The van der Waals surface area contributed by atoms with E-state index in [0.717, 1.165) is 23.5 Å². The Labute approximate surface area is 60.6 Å². The molecule has 0 aromatic carbocycles. The standard InChI is InChI=1S/C7H16OSi/c1-4-7(5-8-9)6(2)3/h4-5H2,1-3,9H3. The van der Waals surface area contributed by atoms with Crippen molar-refractivity contribution in [2.75, 3.05) is 6.61 Å². The molecule has 0 unspecified atom stereocenters. The molecule has 0 aliphatic heterocycles. The molecule has 0 bridgehead atoms. The second-order valence-corrected chi connectivity index (χ2v) is 2.97. The highest BCUT2D eigenvalue weighted by Crippen LogP contribution is 2.06. The van der Waals surface area contributed by atoms with Gasteiger partial charge in [0.1, 0.15) is 10.5 Å². The van der Waals surface area contributed by atoms with Gasteiger partial charge < -0.3 is 4.43 Å². The monoisotopic (exact) mass is 144 g/mol. The average Bonchev–Trinajstić information content (AvgIpc) is 1.82. The molecule has 0 saturated carbocycles. The Hall–Kier alpha value is -0.0831. The lowest BCUT2D eigenvalue weighted by atomic mass is 10.1. The molecule has 1 nitrogen and oxygen atoms in total. The number of allylic oxidation sites excluding steroid dienone is 1. The Morgan fingerprint density at radius 1 is 1.44 bits per heavy atom. The summed E-state index contributed by atoms with van der Waals surface area (Å²) in [6.07, 6.45) is 1.13. The summed E-state index contributed by atoms with van der Waals surface area (Å²) in [7, 11) is 0.853. The van der Waals surface area contributed by atoms with E-state index in [1.165, 1.54) is 11.1 Å². The average molecular weight is 144 g/mol. The Balaban J connectivity index is 3.83. The zero-order valence-electron chi connectivity index (χ0n) is 6.82. The molecule has 0 aliphatic rings. The second-order valence-electron chi connectivity index (χ2n) is 2.39. The van der Waals surface area contributed by atoms with Crippen molar-refractivity contribution in [3.63, 3.8) is 0 Å². The minimum atomic E-state index is 0.852. The maximum absolute atomic E-state index is 5.14. The summed E-state index contributed by atoms with van der Waals surface area (Å²) in [5.74, 6) is 0. The van der Waals surface area contributed by atoms with Gasteiger partial charge in [-0.1, -0.05) is 12.5 Å². The van der Waals surface area contributed by atoms with E-state index in [1.54, 1.807) is 0 Å². The lowest BCUT2D eigenvalue weighted by Crippen LogP contribution is -1.95. The number of rotatable bonds is 3. The molecule has 54 valence electrons. The van der Waals surface area contributed by atoms with E-state index in [1.807, 2.05) is 0 Å². The molecule has 0 fully saturated rings. The molecular formula is C7H16OSi. The molecule has 0 heterocycles. The fourth-order valence-corrected chi connectivity index (χ4v) is 1.12. The first-order valence-corrected chi connectivity index (χ1v) is 4.18. The molecule has 0 aromatic rings. The molecule has 0 aliphatic carbocycles. The van der Waals surface area contributed by atoms with Crippen molar-refractivity contribution in [2.45, 2.75) is 27.2 Å². The van der Waals surface area contributed by atoms with Crippen LogP contribution in [0, 0.1) is 0 Å². The molecule has 0 radical (unpaired) electrons. The van der Waals surface area contributed by atoms with Crippen molar-refractivity contribution in [3.8, 4) is 0 Å². The molecule has 0 aromatic heterocycles. The van der Waals surface area contributed by atoms with Crippen molar-refractivity contribution in [3.05, 3.63) is 11.1 Å². The normalized spacial score (nSPS) is 9.67. The first kappa shape index (κ1) is 8.92. The highest BCUT2D eigenvalue weighted by Gasteiger charge is 1.93. The fraction of sp³-hybridized carbons (Fsp3) is 0.714. The van der Waals surface area contributed by atoms with Gasteiger partial charge in [-0.2, -0.15) is 0 Å². The number of hydrogen-bond acceptors (Lipinski definition) is 1. The van der Waals surface area contributed by atoms with Gasteiger partial charge in [0.05, 0.1) is 6.61 Å². The van der Waals surface area contributed by atoms with Crippen LogP contribution in [0.4, 0.5) is 0 Å². The van der Waals surface area contributed by atoms with Crippen LogP contribution in [0.5, 0.6) is 0 Å². The Bertz CT molecular complexity index is 103. The minimum Gasteiger partial charge on any atom is -0.424 e. The van der Waals surface area contributed by atoms with Crippen molar-refractivity contribution in [1.29, 1.82) is 0 Å². The molecular weight excluding hydrogens is 128 g/mol. The second kappa shape index (κ2) is 4.76. The maximum Gasteiger partial charge on any atom is 0.146 e. The van der Waals surface area contributed by atoms with Gasteiger partial charge in [-0.15, -0.1) is 0 Å². The van der Waals surface area contributed by atoms with Crippen molar-refractivity contribution < 1.29 is 4.43 Å². The van der Waals surface area contributed by atoms with E-state index in [-0.39, 0.29) is 0 Å². The fourth-order valence-electron chi connectivity index (χ4n) is 0.774. The Kier molecular flexibility index (Phi) is 4.72. The van der Waals surface area contributed by atoms with Gasteiger partial charge in [0.25, 0.3) is 0 Å². The van der Waals surface area contributed by atoms with Crippen LogP contribution in [0.15, 0.2) is 11.1 Å². The zero-order chi connectivity index (χ0) is 7.28. The van der Waals surface area contributed by atoms with Crippen molar-refractivity contribution in [1.82, 2.24) is 0 Å². The van der Waals surface area contributed by atoms with Crippen LogP contribution in [0.1, 0.15) is 27.2 Å². The van der Waals surface area contributed by atoms with Crippen LogP contribution >= 0.6 is 0 Å². The van der Waals surface area contributed by atoms with Gasteiger partial charge in [0.15, 0.2) is 0 Å². The van der Waals surface area contributed by atoms with E-state index in [0.29, 0.717) is 0 Å². The molecule has 0 N–H and O–H groups in total. The van der Waals surface area contributed by atoms with Crippen LogP contribution < -0.4 is 0 Å². The molecule has 0 rings (SSSR count). The maximum atomic E-state index is 5.14. The Morgan fingerprint density at radius 2 is 2.00 bits per heavy atom. The first-order chi connectivity index (χ1) is 4.22. The van der Waals surface area contributed by atoms with Gasteiger partial charge in [-0.25, -0.2) is 0 Å². The molecule has 2 heteroatoms. The lowest BCUT2D eigenvalue weighted by molar-refractivity contribution is 0.383. The van der Waals surface area contributed by atoms with Crippen LogP contribution in [-0.2, 0) is 4.43 Å². The topological polar surface area (TPSA) is 9.23 Å². The molecule has 9 heavy (non-hydrogen) atoms. The predicted octanol–water partition coefficient (Wildman–Crippen LogP) is 1.03. The van der Waals surface area contributed by atoms with Gasteiger partial charge in [-0.3, -0.25) is 0 Å². The summed E-state index contributed by atoms with van der Waals surface area (Å²) in [6, 6.07) is 0. The largest absolute Gasteiger partial charge is 0.424 e. The van der Waals surface area contributed by atoms with E-state index in [2.05, 4.69) is 20.8 Å². The van der Waals surface area contributed by atoms with E-state index < -0.39 is 0 Å². The minimum absolute atomic E-state index is 0.852. The molecule has 0 spiro atoms. The van der Waals surface area contributed by atoms with Crippen molar-refractivity contribution >= 4 is 10.5 Å². The third-order valence-electron chi connectivity index (χ3n) is 1.45. The highest BCUT2D eigenvalue weighted by atomic mass is 28.2. The predicted molar refractivity (Wildman–Crippen MR) is 44.6 cm³/mol. The van der Waals surface area contributed by atoms with Crippen LogP contribution in [0.25, 0.3) is 0 Å². The summed E-state index contributed by atoms with van der Waals surface area (Å²) in [4.78, 5) is 0. The van der Waals surface area contributed by atoms with Crippen LogP contribution in [0.3, 0.4) is 0 Å². The molecule has 0 saturated heterocycles. The van der Waals surface area contributed by atoms with Gasteiger partial charge >= 0.3 is 0 Å². The van der Waals surface area contributed by atoms with Crippen molar-refractivity contribution in [2.24, 2.45) is 0 Å². The van der Waals surface area contributed by atoms with E-state index >= 15 is 0 Å². The zero-order valence-corrected chi connectivity index (χ0v) is 8.82. The van der Waals surface area contributed by atoms with Gasteiger partial charge in [-0.05, 0) is 25.8 Å². The smallest absolute Gasteiger partial charge is 0.146 e. The van der Waals surface area contributed by atoms with E-state index in [4.69, 9.17) is 4.43 Å². The van der Waals surface area contributed by atoms with E-state index in [9.17, 15) is 0 Å². The number of hydrogen-bond donors (Lipinski definition) is 0. The highest BCUT2D eigenvalue weighted by molar-refractivity contribution is 5.98. The molecule has 0 amide bonds. The van der Waals surface area contributed by atoms with Crippen LogP contribution in [0.2, 0.25) is 0 Å². The lowest BCUT2D eigenvalue weighted by Gasteiger charge is -2.04. The summed E-state index contributed by atoms with van der Waals surface area (Å²) in [5, 5.41) is 0. The summed E-state index contributed by atoms with van der Waals surface area (Å²) >= 11 is 0. The first-order valence-electron chi connectivity index (χ1n) is 3.36. The summed E-state index contributed by atoms with van der Waals surface area (Å²) in [6.45, 7) is 7.30. The van der Waals surface area contributed by atoms with Gasteiger partial charge in [0, 0.05) is 0 Å². The molecule has 0 atom stereocenters. The Morgan fingerprint density at radius 3 is 2.11 bits per heavy atom. The third-order valence-corrected chi connectivity index (χ3v) is 1.74. The third kappa shape index (κ3) is 3.49. The van der Waals surface area contributed by atoms with Crippen LogP contribution in [-0.4, -0.2) is 17.1 Å². The summed E-state index contributed by atoms with van der Waals surface area (Å²) in [5.41, 5.74) is 2.86. The quantitative estimate of drug-likeness (QED) is 0.424. The summed E-state index contributed by atoms with van der Waals surface area (Å²) < 4.78 is 5.14. The SMILES string of the molecule is CCC(CO[SiH3])=C(C)C. The van der Waals surface area contributed by atoms with Gasteiger partial charge in [0.2, 0.25) is 0 Å².